The minimum Gasteiger partial charge on any atom is -0.368 e. The minimum atomic E-state index is -0.611. The fraction of sp³-hybridized carbons (Fsp3) is 0.450. The van der Waals surface area contributed by atoms with Gasteiger partial charge in [-0.3, -0.25) is 9.69 Å². The van der Waals surface area contributed by atoms with Crippen molar-refractivity contribution < 1.29 is 9.59 Å². The second kappa shape index (κ2) is 7.27. The Morgan fingerprint density at radius 2 is 2.00 bits per heavy atom. The lowest BCUT2D eigenvalue weighted by atomic mass is 10.1. The van der Waals surface area contributed by atoms with E-state index in [1.54, 1.807) is 16.0 Å². The Hall–Kier alpha value is -2.87. The molecule has 2 saturated heterocycles. The van der Waals surface area contributed by atoms with E-state index in [1.807, 2.05) is 35.0 Å². The molecule has 28 heavy (non-hydrogen) atoms. The van der Waals surface area contributed by atoms with E-state index in [2.05, 4.69) is 24.1 Å². The molecule has 3 amide bonds. The topological polar surface area (TPSA) is 96.5 Å². The zero-order valence-corrected chi connectivity index (χ0v) is 16.2. The average molecular weight is 382 g/mol. The van der Waals surface area contributed by atoms with Gasteiger partial charge in [-0.25, -0.2) is 9.78 Å². The SMILES string of the molecule is CC(C)NCc1nccn1-c1ccc(N2C(=O)N3CCC[C@@H]3C2C(N)=O)cc1. The number of urea groups is 1. The van der Waals surface area contributed by atoms with Gasteiger partial charge in [0.15, 0.2) is 0 Å². The molecule has 0 spiro atoms. The Morgan fingerprint density at radius 1 is 1.29 bits per heavy atom. The third-order valence-electron chi connectivity index (χ3n) is 5.48. The van der Waals surface area contributed by atoms with E-state index >= 15 is 0 Å². The van der Waals surface area contributed by atoms with Crippen LogP contribution in [0.2, 0.25) is 0 Å². The number of primary amides is 1. The number of nitrogens with two attached hydrogens (primary N) is 1. The maximum Gasteiger partial charge on any atom is 0.325 e. The van der Waals surface area contributed by atoms with Crippen molar-refractivity contribution in [1.82, 2.24) is 19.8 Å². The molecule has 4 rings (SSSR count). The van der Waals surface area contributed by atoms with Crippen LogP contribution in [0.25, 0.3) is 5.69 Å². The molecular formula is C20H26N6O2. The van der Waals surface area contributed by atoms with Crippen molar-refractivity contribution in [3.8, 4) is 5.69 Å². The molecule has 1 aromatic heterocycles. The highest BCUT2D eigenvalue weighted by atomic mass is 16.2. The van der Waals surface area contributed by atoms with Crippen LogP contribution in [0.15, 0.2) is 36.7 Å². The number of nitrogens with zero attached hydrogens (tertiary/aromatic N) is 4. The summed E-state index contributed by atoms with van der Waals surface area (Å²) in [5, 5.41) is 3.37. The molecular weight excluding hydrogens is 356 g/mol. The summed E-state index contributed by atoms with van der Waals surface area (Å²) in [5.41, 5.74) is 7.29. The summed E-state index contributed by atoms with van der Waals surface area (Å²) in [7, 11) is 0. The molecule has 8 heteroatoms. The molecule has 2 aliphatic rings. The number of carbonyl (C=O) groups excluding carboxylic acids is 2. The van der Waals surface area contributed by atoms with E-state index in [0.29, 0.717) is 24.8 Å². The number of fused-ring (bicyclic) bond motifs is 1. The predicted octanol–water partition coefficient (Wildman–Crippen LogP) is 1.63. The summed E-state index contributed by atoms with van der Waals surface area (Å²) >= 11 is 0. The lowest BCUT2D eigenvalue weighted by molar-refractivity contribution is -0.119. The van der Waals surface area contributed by atoms with Gasteiger partial charge in [0.05, 0.1) is 12.6 Å². The number of amides is 3. The number of anilines is 1. The summed E-state index contributed by atoms with van der Waals surface area (Å²) < 4.78 is 2.01. The molecule has 148 valence electrons. The van der Waals surface area contributed by atoms with Crippen molar-refractivity contribution >= 4 is 17.6 Å². The highest BCUT2D eigenvalue weighted by molar-refractivity contribution is 6.03. The van der Waals surface area contributed by atoms with E-state index in [0.717, 1.165) is 24.4 Å². The maximum absolute atomic E-state index is 12.8. The zero-order chi connectivity index (χ0) is 19.8. The van der Waals surface area contributed by atoms with Crippen LogP contribution in [-0.4, -0.2) is 51.1 Å². The van der Waals surface area contributed by atoms with Gasteiger partial charge in [0.25, 0.3) is 0 Å². The summed E-state index contributed by atoms with van der Waals surface area (Å²) in [6, 6.07) is 7.11. The highest BCUT2D eigenvalue weighted by Crippen LogP contribution is 2.35. The summed E-state index contributed by atoms with van der Waals surface area (Å²) in [5.74, 6) is 0.456. The molecule has 3 N–H and O–H groups in total. The van der Waals surface area contributed by atoms with Crippen LogP contribution in [0.4, 0.5) is 10.5 Å². The second-order valence-corrected chi connectivity index (χ2v) is 7.67. The highest BCUT2D eigenvalue weighted by Gasteiger charge is 2.51. The predicted molar refractivity (Wildman–Crippen MR) is 106 cm³/mol. The molecule has 1 aromatic carbocycles. The van der Waals surface area contributed by atoms with E-state index in [-0.39, 0.29) is 12.1 Å². The molecule has 0 aliphatic carbocycles. The van der Waals surface area contributed by atoms with E-state index in [4.69, 9.17) is 5.73 Å². The number of hydrogen-bond donors (Lipinski definition) is 2. The van der Waals surface area contributed by atoms with Gasteiger partial charge in [0.2, 0.25) is 5.91 Å². The molecule has 2 aliphatic heterocycles. The van der Waals surface area contributed by atoms with Gasteiger partial charge in [-0.2, -0.15) is 0 Å². The Kier molecular flexibility index (Phi) is 4.80. The molecule has 1 unspecified atom stereocenters. The summed E-state index contributed by atoms with van der Waals surface area (Å²) in [4.78, 5) is 32.7. The van der Waals surface area contributed by atoms with Crippen LogP contribution in [0, 0.1) is 0 Å². The number of imidazole rings is 1. The quantitative estimate of drug-likeness (QED) is 0.794. The second-order valence-electron chi connectivity index (χ2n) is 7.67. The molecule has 2 aromatic rings. The van der Waals surface area contributed by atoms with Gasteiger partial charge in [0, 0.05) is 36.4 Å². The van der Waals surface area contributed by atoms with Gasteiger partial charge in [-0.05, 0) is 37.1 Å². The van der Waals surface area contributed by atoms with Crippen LogP contribution in [0.3, 0.4) is 0 Å². The lowest BCUT2D eigenvalue weighted by Crippen LogP contribution is -2.46. The van der Waals surface area contributed by atoms with Crippen LogP contribution >= 0.6 is 0 Å². The van der Waals surface area contributed by atoms with Crippen LogP contribution < -0.4 is 16.0 Å². The first-order valence-electron chi connectivity index (χ1n) is 9.72. The van der Waals surface area contributed by atoms with Gasteiger partial charge < -0.3 is 20.5 Å². The Morgan fingerprint density at radius 3 is 2.68 bits per heavy atom. The van der Waals surface area contributed by atoms with Gasteiger partial charge in [-0.15, -0.1) is 0 Å². The fourth-order valence-corrected chi connectivity index (χ4v) is 4.15. The number of rotatable bonds is 6. The van der Waals surface area contributed by atoms with Crippen molar-refractivity contribution in [2.75, 3.05) is 11.4 Å². The normalized spacial score (nSPS) is 21.6. The molecule has 2 atom stereocenters. The standard InChI is InChI=1S/C20H26N6O2/c1-13(2)23-12-17-22-9-11-24(17)14-5-7-15(8-6-14)26-18(19(21)27)16-4-3-10-25(16)20(26)28/h5-9,11,13,16,18,23H,3-4,10,12H2,1-2H3,(H2,21,27)/t16-,18?/m1/s1. The number of benzene rings is 1. The average Bonchev–Trinajstić information content (AvgIpc) is 3.37. The Bertz CT molecular complexity index is 875. The van der Waals surface area contributed by atoms with Crippen LogP contribution in [0.1, 0.15) is 32.5 Å². The van der Waals surface area contributed by atoms with Crippen molar-refractivity contribution in [1.29, 1.82) is 0 Å². The van der Waals surface area contributed by atoms with E-state index < -0.39 is 11.9 Å². The fourth-order valence-electron chi connectivity index (χ4n) is 4.15. The van der Waals surface area contributed by atoms with E-state index in [9.17, 15) is 9.59 Å². The molecule has 8 nitrogen and oxygen atoms in total. The third kappa shape index (κ3) is 3.13. The maximum atomic E-state index is 12.8. The van der Waals surface area contributed by atoms with Gasteiger partial charge in [-0.1, -0.05) is 13.8 Å². The van der Waals surface area contributed by atoms with Crippen LogP contribution in [0.5, 0.6) is 0 Å². The largest absolute Gasteiger partial charge is 0.368 e. The number of aromatic nitrogens is 2. The monoisotopic (exact) mass is 382 g/mol. The van der Waals surface area contributed by atoms with E-state index in [1.165, 1.54) is 0 Å². The van der Waals surface area contributed by atoms with Crippen molar-refractivity contribution in [2.24, 2.45) is 5.73 Å². The lowest BCUT2D eigenvalue weighted by Gasteiger charge is -2.23. The first-order valence-corrected chi connectivity index (χ1v) is 9.72. The van der Waals surface area contributed by atoms with Gasteiger partial charge >= 0.3 is 6.03 Å². The first kappa shape index (κ1) is 18.5. The van der Waals surface area contributed by atoms with Crippen molar-refractivity contribution in [2.45, 2.75) is 51.4 Å². The molecule has 0 saturated carbocycles. The summed E-state index contributed by atoms with van der Waals surface area (Å²) in [6.45, 7) is 5.53. The van der Waals surface area contributed by atoms with Crippen molar-refractivity contribution in [3.63, 3.8) is 0 Å². The third-order valence-corrected chi connectivity index (χ3v) is 5.48. The minimum absolute atomic E-state index is 0.118. The molecule has 3 heterocycles. The zero-order valence-electron chi connectivity index (χ0n) is 16.2. The smallest absolute Gasteiger partial charge is 0.325 e. The number of hydrogen-bond acceptors (Lipinski definition) is 4. The Labute approximate surface area is 164 Å². The van der Waals surface area contributed by atoms with Gasteiger partial charge in [0.1, 0.15) is 11.9 Å². The van der Waals surface area contributed by atoms with Crippen LogP contribution in [-0.2, 0) is 11.3 Å². The molecule has 2 fully saturated rings. The van der Waals surface area contributed by atoms with Crippen molar-refractivity contribution in [3.05, 3.63) is 42.5 Å². The first-order chi connectivity index (χ1) is 13.5. The summed E-state index contributed by atoms with van der Waals surface area (Å²) in [6.07, 6.45) is 5.42. The Balaban J connectivity index is 1.59. The number of nitrogens with one attached hydrogen (secondary N) is 1. The molecule has 0 radical (unpaired) electrons. The molecule has 0 bridgehead atoms. The number of carbonyl (C=O) groups is 2.